The highest BCUT2D eigenvalue weighted by Crippen LogP contribution is 2.19. The number of anilines is 1. The van der Waals surface area contributed by atoms with Gasteiger partial charge in [0.15, 0.2) is 5.82 Å². The molecular formula is C16H25N5. The maximum Gasteiger partial charge on any atom is 0.180 e. The molecule has 2 rings (SSSR count). The Morgan fingerprint density at radius 1 is 1.10 bits per heavy atom. The third kappa shape index (κ3) is 4.03. The monoisotopic (exact) mass is 287 g/mol. The first kappa shape index (κ1) is 15.5. The van der Waals surface area contributed by atoms with E-state index in [0.717, 1.165) is 61.8 Å². The van der Waals surface area contributed by atoms with Crippen molar-refractivity contribution in [3.63, 3.8) is 0 Å². The van der Waals surface area contributed by atoms with Crippen molar-refractivity contribution in [1.29, 1.82) is 0 Å². The summed E-state index contributed by atoms with van der Waals surface area (Å²) in [6, 6.07) is 2.06. The van der Waals surface area contributed by atoms with Crippen LogP contribution in [0.3, 0.4) is 0 Å². The van der Waals surface area contributed by atoms with Gasteiger partial charge in [-0.25, -0.2) is 15.0 Å². The summed E-state index contributed by atoms with van der Waals surface area (Å²) in [5.41, 5.74) is 2.08. The summed E-state index contributed by atoms with van der Waals surface area (Å²) in [5, 5.41) is 3.37. The Morgan fingerprint density at radius 3 is 2.67 bits per heavy atom. The number of hydrogen-bond acceptors (Lipinski definition) is 4. The summed E-state index contributed by atoms with van der Waals surface area (Å²) >= 11 is 0. The fourth-order valence-electron chi connectivity index (χ4n) is 2.27. The van der Waals surface area contributed by atoms with Gasteiger partial charge in [0.2, 0.25) is 0 Å². The molecule has 5 heteroatoms. The summed E-state index contributed by atoms with van der Waals surface area (Å²) in [7, 11) is 0. The first-order valence-corrected chi connectivity index (χ1v) is 7.90. The van der Waals surface area contributed by atoms with E-state index in [9.17, 15) is 0 Å². The smallest absolute Gasteiger partial charge is 0.180 e. The first-order chi connectivity index (χ1) is 10.3. The number of imidazole rings is 1. The van der Waals surface area contributed by atoms with Gasteiger partial charge in [0, 0.05) is 24.8 Å². The van der Waals surface area contributed by atoms with Crippen LogP contribution in [0.4, 0.5) is 5.82 Å². The lowest BCUT2D eigenvalue weighted by Gasteiger charge is -2.10. The van der Waals surface area contributed by atoms with Crippen molar-refractivity contribution in [2.45, 2.75) is 53.0 Å². The number of nitrogens with one attached hydrogen (secondary N) is 1. The largest absolute Gasteiger partial charge is 0.370 e. The van der Waals surface area contributed by atoms with Gasteiger partial charge >= 0.3 is 0 Å². The van der Waals surface area contributed by atoms with Gasteiger partial charge < -0.3 is 9.88 Å². The van der Waals surface area contributed by atoms with Crippen molar-refractivity contribution in [3.8, 4) is 11.5 Å². The molecule has 0 aliphatic carbocycles. The standard InChI is InChI=1S/C16H25N5/c1-4-7-13-10-15(18-8-5-2)20-16(19-13)14-11-17-12-21(14)9-6-3/h10-12H,4-9H2,1-3H3,(H,18,19,20). The summed E-state index contributed by atoms with van der Waals surface area (Å²) in [5.74, 6) is 1.68. The third-order valence-corrected chi connectivity index (χ3v) is 3.25. The number of nitrogens with zero attached hydrogens (tertiary/aromatic N) is 4. The van der Waals surface area contributed by atoms with Gasteiger partial charge in [-0.1, -0.05) is 27.2 Å². The molecule has 5 nitrogen and oxygen atoms in total. The second-order valence-corrected chi connectivity index (χ2v) is 5.22. The first-order valence-electron chi connectivity index (χ1n) is 7.90. The van der Waals surface area contributed by atoms with Crippen molar-refractivity contribution in [1.82, 2.24) is 19.5 Å². The Hall–Kier alpha value is -1.91. The maximum atomic E-state index is 4.70. The zero-order valence-corrected chi connectivity index (χ0v) is 13.3. The molecule has 0 radical (unpaired) electrons. The van der Waals surface area contributed by atoms with Crippen LogP contribution in [0.1, 0.15) is 45.7 Å². The zero-order valence-electron chi connectivity index (χ0n) is 13.3. The molecule has 0 fully saturated rings. The minimum atomic E-state index is 0.769. The molecule has 0 saturated heterocycles. The van der Waals surface area contributed by atoms with E-state index in [1.807, 2.05) is 12.5 Å². The Bertz CT molecular complexity index is 562. The molecule has 2 aromatic heterocycles. The summed E-state index contributed by atoms with van der Waals surface area (Å²) in [6.45, 7) is 8.34. The van der Waals surface area contributed by atoms with Crippen LogP contribution < -0.4 is 5.32 Å². The minimum absolute atomic E-state index is 0.769. The third-order valence-electron chi connectivity index (χ3n) is 3.25. The van der Waals surface area contributed by atoms with Crippen molar-refractivity contribution < 1.29 is 0 Å². The molecule has 0 spiro atoms. The van der Waals surface area contributed by atoms with E-state index in [1.54, 1.807) is 0 Å². The molecule has 0 saturated carbocycles. The number of aromatic nitrogens is 4. The van der Waals surface area contributed by atoms with Gasteiger partial charge in [0.05, 0.1) is 12.5 Å². The summed E-state index contributed by atoms with van der Waals surface area (Å²) in [4.78, 5) is 13.6. The van der Waals surface area contributed by atoms with Gasteiger partial charge in [0.25, 0.3) is 0 Å². The normalized spacial score (nSPS) is 10.8. The molecule has 0 atom stereocenters. The number of rotatable bonds is 8. The lowest BCUT2D eigenvalue weighted by atomic mass is 10.2. The van der Waals surface area contributed by atoms with Gasteiger partial charge in [0.1, 0.15) is 11.5 Å². The molecule has 0 bridgehead atoms. The van der Waals surface area contributed by atoms with Crippen molar-refractivity contribution in [2.75, 3.05) is 11.9 Å². The Labute approximate surface area is 126 Å². The molecule has 0 amide bonds. The second kappa shape index (κ2) is 7.76. The molecule has 0 aliphatic heterocycles. The molecule has 0 unspecified atom stereocenters. The summed E-state index contributed by atoms with van der Waals surface area (Å²) < 4.78 is 2.12. The fraction of sp³-hybridized carbons (Fsp3) is 0.562. The molecule has 21 heavy (non-hydrogen) atoms. The van der Waals surface area contributed by atoms with Gasteiger partial charge in [-0.3, -0.25) is 0 Å². The number of aryl methyl sites for hydroxylation is 2. The van der Waals surface area contributed by atoms with Crippen LogP contribution in [0.25, 0.3) is 11.5 Å². The molecule has 1 N–H and O–H groups in total. The van der Waals surface area contributed by atoms with Crippen LogP contribution in [0.2, 0.25) is 0 Å². The van der Waals surface area contributed by atoms with E-state index in [-0.39, 0.29) is 0 Å². The minimum Gasteiger partial charge on any atom is -0.370 e. The molecule has 2 heterocycles. The van der Waals surface area contributed by atoms with E-state index >= 15 is 0 Å². The molecule has 0 aliphatic rings. The van der Waals surface area contributed by atoms with Crippen LogP contribution in [-0.4, -0.2) is 26.1 Å². The average Bonchev–Trinajstić information content (AvgIpc) is 2.94. The Kier molecular flexibility index (Phi) is 5.72. The van der Waals surface area contributed by atoms with Crippen molar-refractivity contribution in [2.24, 2.45) is 0 Å². The SMILES string of the molecule is CCCNc1cc(CCC)nc(-c2cncn2CCC)n1. The lowest BCUT2D eigenvalue weighted by molar-refractivity contribution is 0.680. The van der Waals surface area contributed by atoms with Gasteiger partial charge in [-0.2, -0.15) is 0 Å². The van der Waals surface area contributed by atoms with E-state index in [2.05, 4.69) is 46.7 Å². The Morgan fingerprint density at radius 2 is 1.95 bits per heavy atom. The fourth-order valence-corrected chi connectivity index (χ4v) is 2.27. The van der Waals surface area contributed by atoms with Gasteiger partial charge in [-0.05, 0) is 19.3 Å². The average molecular weight is 287 g/mol. The second-order valence-electron chi connectivity index (χ2n) is 5.22. The predicted molar refractivity (Wildman–Crippen MR) is 86.3 cm³/mol. The van der Waals surface area contributed by atoms with Crippen LogP contribution in [0.5, 0.6) is 0 Å². The molecule has 2 aromatic rings. The van der Waals surface area contributed by atoms with E-state index in [0.29, 0.717) is 0 Å². The zero-order chi connectivity index (χ0) is 15.1. The van der Waals surface area contributed by atoms with Crippen LogP contribution in [0.15, 0.2) is 18.6 Å². The van der Waals surface area contributed by atoms with Crippen LogP contribution in [0, 0.1) is 0 Å². The molecule has 0 aromatic carbocycles. The highest BCUT2D eigenvalue weighted by Gasteiger charge is 2.11. The quantitative estimate of drug-likeness (QED) is 0.807. The highest BCUT2D eigenvalue weighted by atomic mass is 15.1. The van der Waals surface area contributed by atoms with Gasteiger partial charge in [-0.15, -0.1) is 0 Å². The summed E-state index contributed by atoms with van der Waals surface area (Å²) in [6.07, 6.45) is 7.91. The Balaban J connectivity index is 2.36. The molecular weight excluding hydrogens is 262 g/mol. The number of hydrogen-bond donors (Lipinski definition) is 1. The highest BCUT2D eigenvalue weighted by molar-refractivity contribution is 5.53. The van der Waals surface area contributed by atoms with Crippen molar-refractivity contribution in [3.05, 3.63) is 24.3 Å². The van der Waals surface area contributed by atoms with E-state index in [4.69, 9.17) is 4.98 Å². The predicted octanol–water partition coefficient (Wildman–Crippen LogP) is 3.52. The van der Waals surface area contributed by atoms with Crippen LogP contribution >= 0.6 is 0 Å². The molecule has 114 valence electrons. The maximum absolute atomic E-state index is 4.70. The lowest BCUT2D eigenvalue weighted by Crippen LogP contribution is -2.07. The van der Waals surface area contributed by atoms with Crippen molar-refractivity contribution >= 4 is 5.82 Å². The van der Waals surface area contributed by atoms with E-state index < -0.39 is 0 Å². The van der Waals surface area contributed by atoms with Crippen LogP contribution in [-0.2, 0) is 13.0 Å². The van der Waals surface area contributed by atoms with E-state index in [1.165, 1.54) is 0 Å². The topological polar surface area (TPSA) is 55.6 Å².